The minimum Gasteiger partial charge on any atom is -0.512 e. The van der Waals surface area contributed by atoms with Crippen LogP contribution in [0.1, 0.15) is 13.8 Å². The molecule has 0 fully saturated rings. The van der Waals surface area contributed by atoms with Crippen molar-refractivity contribution in [2.75, 3.05) is 9.62 Å². The molecule has 0 amide bonds. The molecule has 1 aliphatic heterocycles. The zero-order valence-electron chi connectivity index (χ0n) is 13.9. The standard InChI is InChI=1S/C12H10BN4.C5H8O2.Ir/c1-3-7-14-11(5-1)16-9-10-17(13-16)12-6-2-4-8-15-12;1-4(6)3-5(2)7;/h1-10H;3,6H,1-2H3;. The Morgan fingerprint density at radius 3 is 1.76 bits per heavy atom. The summed E-state index contributed by atoms with van der Waals surface area (Å²) in [6.45, 7) is 2.85. The topological polar surface area (TPSA) is 69.6 Å². The predicted molar refractivity (Wildman–Crippen MR) is 95.4 cm³/mol. The summed E-state index contributed by atoms with van der Waals surface area (Å²) in [5, 5.41) is 8.36. The van der Waals surface area contributed by atoms with Gasteiger partial charge in [0.1, 0.15) is 11.6 Å². The van der Waals surface area contributed by atoms with Crippen molar-refractivity contribution in [3.63, 3.8) is 0 Å². The van der Waals surface area contributed by atoms with Crippen LogP contribution in [0, 0.1) is 0 Å². The monoisotopic (exact) mass is 514 g/mol. The number of pyridine rings is 2. The van der Waals surface area contributed by atoms with Crippen molar-refractivity contribution in [1.82, 2.24) is 9.97 Å². The second kappa shape index (κ2) is 10.4. The molecule has 6 nitrogen and oxygen atoms in total. The summed E-state index contributed by atoms with van der Waals surface area (Å²) >= 11 is 0. The molecule has 0 unspecified atom stereocenters. The van der Waals surface area contributed by atoms with E-state index in [1.54, 1.807) is 12.4 Å². The second-order valence-electron chi connectivity index (χ2n) is 5.00. The smallest absolute Gasteiger partial charge is 0.402 e. The number of hydrogen-bond acceptors (Lipinski definition) is 6. The number of allylic oxidation sites excluding steroid dienone is 2. The van der Waals surface area contributed by atoms with E-state index in [2.05, 4.69) is 9.97 Å². The van der Waals surface area contributed by atoms with Gasteiger partial charge in [-0.1, -0.05) is 12.1 Å². The van der Waals surface area contributed by atoms with Crippen molar-refractivity contribution in [1.29, 1.82) is 0 Å². The molecule has 0 bridgehead atoms. The molecule has 0 saturated heterocycles. The molecule has 0 atom stereocenters. The molecule has 2 aromatic rings. The summed E-state index contributed by atoms with van der Waals surface area (Å²) in [6.07, 6.45) is 8.63. The molecule has 3 heterocycles. The number of anilines is 2. The third-order valence-electron chi connectivity index (χ3n) is 2.88. The van der Waals surface area contributed by atoms with Crippen LogP contribution in [-0.4, -0.2) is 28.4 Å². The number of carbonyl (C=O) groups excluding carboxylic acids is 1. The zero-order chi connectivity index (χ0) is 17.4. The van der Waals surface area contributed by atoms with E-state index in [0.717, 1.165) is 11.6 Å². The molecular weight excluding hydrogens is 495 g/mol. The number of aliphatic hydroxyl groups excluding tert-OH is 1. The van der Waals surface area contributed by atoms with Crippen LogP contribution < -0.4 is 9.62 Å². The number of aliphatic hydroxyl groups is 1. The molecular formula is C17H18BIrN4O2. The molecule has 1 aliphatic rings. The minimum absolute atomic E-state index is 0. The Hall–Kier alpha value is -2.44. The number of carbonyl (C=O) groups is 1. The maximum Gasteiger partial charge on any atom is 0.402 e. The van der Waals surface area contributed by atoms with Crippen LogP contribution in [0.2, 0.25) is 0 Å². The first-order valence-electron chi connectivity index (χ1n) is 7.36. The van der Waals surface area contributed by atoms with Crippen molar-refractivity contribution in [3.8, 4) is 0 Å². The number of hydrogen-bond donors (Lipinski definition) is 1. The van der Waals surface area contributed by atoms with Gasteiger partial charge >= 0.3 is 7.55 Å². The third kappa shape index (κ3) is 6.91. The van der Waals surface area contributed by atoms with Crippen LogP contribution in [0.3, 0.4) is 0 Å². The van der Waals surface area contributed by atoms with E-state index in [9.17, 15) is 4.79 Å². The fourth-order valence-corrected chi connectivity index (χ4v) is 1.93. The molecule has 0 aliphatic carbocycles. The van der Waals surface area contributed by atoms with Crippen LogP contribution in [0.25, 0.3) is 0 Å². The van der Waals surface area contributed by atoms with Gasteiger partial charge in [0.05, 0.1) is 5.76 Å². The number of aromatic nitrogens is 2. The first-order valence-corrected chi connectivity index (χ1v) is 7.36. The fourth-order valence-electron chi connectivity index (χ4n) is 1.93. The molecule has 0 spiro atoms. The molecule has 3 rings (SSSR count). The van der Waals surface area contributed by atoms with Crippen molar-refractivity contribution < 1.29 is 30.0 Å². The average Bonchev–Trinajstić information content (AvgIpc) is 3.06. The van der Waals surface area contributed by atoms with Gasteiger partial charge in [-0.2, -0.15) is 0 Å². The third-order valence-corrected chi connectivity index (χ3v) is 2.88. The SMILES string of the molecule is CC(=O)C=C(C)O.[B]1N(c2ccccn2)C=CN1c1ccccn1.[Ir]. The summed E-state index contributed by atoms with van der Waals surface area (Å²) in [5.74, 6) is 1.72. The van der Waals surface area contributed by atoms with Crippen molar-refractivity contribution in [2.24, 2.45) is 0 Å². The van der Waals surface area contributed by atoms with Gasteiger partial charge in [-0.25, -0.2) is 9.97 Å². The van der Waals surface area contributed by atoms with Crippen molar-refractivity contribution in [2.45, 2.75) is 13.8 Å². The normalized spacial score (nSPS) is 12.6. The van der Waals surface area contributed by atoms with Crippen LogP contribution in [0.5, 0.6) is 0 Å². The Labute approximate surface area is 161 Å². The van der Waals surface area contributed by atoms with Gasteiger partial charge in [-0.15, -0.1) is 0 Å². The summed E-state index contributed by atoms with van der Waals surface area (Å²) in [7, 11) is 1.95. The summed E-state index contributed by atoms with van der Waals surface area (Å²) in [4.78, 5) is 22.5. The Morgan fingerprint density at radius 2 is 1.48 bits per heavy atom. The van der Waals surface area contributed by atoms with Gasteiger partial charge in [0.15, 0.2) is 5.78 Å². The Balaban J connectivity index is 0.000000339. The summed E-state index contributed by atoms with van der Waals surface area (Å²) < 4.78 is 0. The van der Waals surface area contributed by atoms with Crippen LogP contribution in [0.4, 0.5) is 11.6 Å². The van der Waals surface area contributed by atoms with Crippen LogP contribution >= 0.6 is 0 Å². The van der Waals surface area contributed by atoms with Crippen molar-refractivity contribution in [3.05, 3.63) is 73.0 Å². The van der Waals surface area contributed by atoms with Crippen LogP contribution in [0.15, 0.2) is 73.0 Å². The van der Waals surface area contributed by atoms with Crippen molar-refractivity contribution >= 4 is 25.0 Å². The van der Waals surface area contributed by atoms with E-state index in [0.29, 0.717) is 0 Å². The molecule has 0 saturated carbocycles. The quantitative estimate of drug-likeness (QED) is 0.387. The Bertz CT molecular complexity index is 674. The largest absolute Gasteiger partial charge is 0.512 e. The maximum absolute atomic E-state index is 10.0. The van der Waals surface area contributed by atoms with Gasteiger partial charge in [0, 0.05) is 51.0 Å². The van der Waals surface area contributed by atoms with Gasteiger partial charge < -0.3 is 14.7 Å². The number of nitrogens with zero attached hydrogens (tertiary/aromatic N) is 4. The molecule has 0 aromatic carbocycles. The number of rotatable bonds is 3. The Morgan fingerprint density at radius 1 is 1.00 bits per heavy atom. The molecule has 130 valence electrons. The first kappa shape index (κ1) is 20.6. The number of ketones is 1. The van der Waals surface area contributed by atoms with Gasteiger partial charge in [-0.05, 0) is 38.1 Å². The predicted octanol–water partition coefficient (Wildman–Crippen LogP) is 2.84. The molecule has 2 radical (unpaired) electrons. The van der Waals surface area contributed by atoms with E-state index in [1.165, 1.54) is 19.9 Å². The van der Waals surface area contributed by atoms with Crippen LogP contribution in [-0.2, 0) is 24.9 Å². The molecule has 2 aromatic heterocycles. The second-order valence-corrected chi connectivity index (χ2v) is 5.00. The average molecular weight is 513 g/mol. The fraction of sp³-hybridized carbons (Fsp3) is 0.118. The van der Waals surface area contributed by atoms with E-state index in [1.807, 2.05) is 66.0 Å². The maximum atomic E-state index is 10.0. The van der Waals surface area contributed by atoms with E-state index in [4.69, 9.17) is 5.11 Å². The molecule has 8 heteroatoms. The molecule has 1 N–H and O–H groups in total. The summed E-state index contributed by atoms with van der Waals surface area (Å²) in [6, 6.07) is 11.7. The first-order chi connectivity index (χ1) is 11.6. The molecule has 25 heavy (non-hydrogen) atoms. The minimum atomic E-state index is -0.125. The Kier molecular flexibility index (Phi) is 8.60. The van der Waals surface area contributed by atoms with Gasteiger partial charge in [0.25, 0.3) is 0 Å². The van der Waals surface area contributed by atoms with E-state index < -0.39 is 0 Å². The van der Waals surface area contributed by atoms with Gasteiger partial charge in [-0.3, -0.25) is 4.79 Å². The van der Waals surface area contributed by atoms with E-state index in [-0.39, 0.29) is 31.6 Å². The summed E-state index contributed by atoms with van der Waals surface area (Å²) in [5.41, 5.74) is 0. The zero-order valence-corrected chi connectivity index (χ0v) is 16.3. The van der Waals surface area contributed by atoms with Gasteiger partial charge in [0.2, 0.25) is 0 Å². The van der Waals surface area contributed by atoms with E-state index >= 15 is 0 Å².